The number of fused-ring (bicyclic) bond motifs is 1. The molecule has 1 aromatic carbocycles. The molecule has 0 aliphatic heterocycles. The topological polar surface area (TPSA) is 103 Å². The Morgan fingerprint density at radius 2 is 1.97 bits per heavy atom. The zero-order valence-electron chi connectivity index (χ0n) is 16.3. The largest absolute Gasteiger partial charge is 0.481 e. The summed E-state index contributed by atoms with van der Waals surface area (Å²) in [6, 6.07) is 3.63. The van der Waals surface area contributed by atoms with Crippen molar-refractivity contribution in [3.8, 4) is 17.4 Å². The quantitative estimate of drug-likeness (QED) is 0.373. The van der Waals surface area contributed by atoms with Crippen LogP contribution in [0.3, 0.4) is 0 Å². The Morgan fingerprint density at radius 1 is 1.23 bits per heavy atom. The fourth-order valence-electron chi connectivity index (χ4n) is 3.02. The minimum absolute atomic E-state index is 0.0226. The monoisotopic (exact) mass is 467 g/mol. The van der Waals surface area contributed by atoms with Crippen LogP contribution in [-0.2, 0) is 6.42 Å². The number of anilines is 1. The molecule has 0 unspecified atom stereocenters. The van der Waals surface area contributed by atoms with Crippen molar-refractivity contribution < 1.29 is 18.3 Å². The van der Waals surface area contributed by atoms with Gasteiger partial charge in [-0.1, -0.05) is 17.7 Å². The van der Waals surface area contributed by atoms with E-state index < -0.39 is 12.8 Å². The number of halogens is 3. The second kappa shape index (κ2) is 8.94. The molecule has 0 saturated carbocycles. The zero-order valence-corrected chi connectivity index (χ0v) is 17.8. The molecule has 3 aromatic heterocycles. The van der Waals surface area contributed by atoms with Crippen LogP contribution in [0.15, 0.2) is 35.9 Å². The van der Waals surface area contributed by atoms with E-state index in [1.807, 2.05) is 6.07 Å². The number of aromatic amines is 1. The SMILES string of the molecule is COc1nc(NSc2c[nH]c3c(-n4cncn4)c(Cl)ccc23)nc(OC)c1CC(F)F. The summed E-state index contributed by atoms with van der Waals surface area (Å²) >= 11 is 7.59. The van der Waals surface area contributed by atoms with Crippen LogP contribution < -0.4 is 14.2 Å². The molecule has 31 heavy (non-hydrogen) atoms. The number of benzene rings is 1. The molecule has 162 valence electrons. The predicted molar refractivity (Wildman–Crippen MR) is 113 cm³/mol. The van der Waals surface area contributed by atoms with Crippen LogP contribution in [0.5, 0.6) is 11.8 Å². The van der Waals surface area contributed by atoms with Crippen molar-refractivity contribution in [2.45, 2.75) is 17.7 Å². The summed E-state index contributed by atoms with van der Waals surface area (Å²) in [7, 11) is 2.70. The molecule has 0 fully saturated rings. The molecule has 0 aliphatic rings. The number of H-pyrrole nitrogens is 1. The lowest BCUT2D eigenvalue weighted by Crippen LogP contribution is -2.08. The van der Waals surface area contributed by atoms with Gasteiger partial charge in [0.05, 0.1) is 35.2 Å². The van der Waals surface area contributed by atoms with Crippen molar-refractivity contribution in [1.82, 2.24) is 29.7 Å². The van der Waals surface area contributed by atoms with E-state index in [4.69, 9.17) is 21.1 Å². The van der Waals surface area contributed by atoms with Gasteiger partial charge in [-0.3, -0.25) is 4.72 Å². The molecule has 0 amide bonds. The van der Waals surface area contributed by atoms with Gasteiger partial charge in [0.15, 0.2) is 0 Å². The molecule has 0 spiro atoms. The van der Waals surface area contributed by atoms with Gasteiger partial charge in [-0.25, -0.2) is 18.4 Å². The molecular formula is C18H16ClF2N7O2S. The summed E-state index contributed by atoms with van der Waals surface area (Å²) in [6.07, 6.45) is 1.61. The van der Waals surface area contributed by atoms with Crippen molar-refractivity contribution in [3.63, 3.8) is 0 Å². The predicted octanol–water partition coefficient (Wildman–Crippen LogP) is 4.14. The maximum Gasteiger partial charge on any atom is 0.243 e. The van der Waals surface area contributed by atoms with E-state index in [0.29, 0.717) is 10.7 Å². The maximum atomic E-state index is 12.9. The highest BCUT2D eigenvalue weighted by Crippen LogP contribution is 2.35. The van der Waals surface area contributed by atoms with Crippen LogP contribution in [0.2, 0.25) is 5.02 Å². The standard InChI is InChI=1S/C18H16ClF2N7O2S/c1-29-16-10(5-13(20)21)17(30-2)26-18(25-16)27-31-12-6-23-14-9(12)3-4-11(19)15(14)28-8-22-7-24-28/h3-4,6-8,13,23H,5H2,1-2H3,(H,25,26,27). The molecule has 2 N–H and O–H groups in total. The van der Waals surface area contributed by atoms with Gasteiger partial charge >= 0.3 is 0 Å². The van der Waals surface area contributed by atoms with Crippen molar-refractivity contribution >= 4 is 40.4 Å². The minimum Gasteiger partial charge on any atom is -0.481 e. The van der Waals surface area contributed by atoms with Crippen molar-refractivity contribution in [2.24, 2.45) is 0 Å². The molecule has 13 heteroatoms. The highest BCUT2D eigenvalue weighted by atomic mass is 35.5. The van der Waals surface area contributed by atoms with E-state index in [1.54, 1.807) is 23.3 Å². The first-order chi connectivity index (χ1) is 15.0. The molecule has 9 nitrogen and oxygen atoms in total. The van der Waals surface area contributed by atoms with Crippen molar-refractivity contribution in [1.29, 1.82) is 0 Å². The highest BCUT2D eigenvalue weighted by Gasteiger charge is 2.20. The van der Waals surface area contributed by atoms with Gasteiger partial charge in [0, 0.05) is 18.0 Å². The van der Waals surface area contributed by atoms with Crippen LogP contribution in [0.4, 0.5) is 14.7 Å². The number of hydrogen-bond acceptors (Lipinski definition) is 8. The summed E-state index contributed by atoms with van der Waals surface area (Å²) < 4.78 is 40.7. The summed E-state index contributed by atoms with van der Waals surface area (Å²) in [4.78, 5) is 16.3. The van der Waals surface area contributed by atoms with E-state index in [2.05, 4.69) is 29.8 Å². The first kappa shape index (κ1) is 21.1. The van der Waals surface area contributed by atoms with E-state index in [9.17, 15) is 8.78 Å². The Bertz CT molecular complexity index is 1180. The van der Waals surface area contributed by atoms with Gasteiger partial charge in [-0.2, -0.15) is 15.1 Å². The Morgan fingerprint density at radius 3 is 2.58 bits per heavy atom. The average Bonchev–Trinajstić information content (AvgIpc) is 3.42. The van der Waals surface area contributed by atoms with Crippen LogP contribution in [0, 0.1) is 0 Å². The summed E-state index contributed by atoms with van der Waals surface area (Å²) in [6.45, 7) is 0. The Balaban J connectivity index is 1.63. The number of alkyl halides is 2. The smallest absolute Gasteiger partial charge is 0.243 e. The summed E-state index contributed by atoms with van der Waals surface area (Å²) in [5.74, 6) is 0.195. The second-order valence-electron chi connectivity index (χ2n) is 6.16. The number of hydrogen-bond donors (Lipinski definition) is 2. The molecule has 0 saturated heterocycles. The lowest BCUT2D eigenvalue weighted by molar-refractivity contribution is 0.146. The Labute approximate surface area is 184 Å². The Hall–Kier alpha value is -3.12. The van der Waals surface area contributed by atoms with Gasteiger partial charge in [0.25, 0.3) is 0 Å². The first-order valence-corrected chi connectivity index (χ1v) is 10.1. The molecule has 0 bridgehead atoms. The molecule has 3 heterocycles. The van der Waals surface area contributed by atoms with E-state index in [0.717, 1.165) is 15.8 Å². The third-order valence-electron chi connectivity index (χ3n) is 4.32. The average molecular weight is 468 g/mol. The number of nitrogens with zero attached hydrogens (tertiary/aromatic N) is 5. The van der Waals surface area contributed by atoms with Crippen molar-refractivity contribution in [3.05, 3.63) is 41.6 Å². The number of methoxy groups -OCH3 is 2. The van der Waals surface area contributed by atoms with Gasteiger partial charge in [0.2, 0.25) is 24.1 Å². The second-order valence-corrected chi connectivity index (χ2v) is 7.41. The fraction of sp³-hybridized carbons (Fsp3) is 0.222. The fourth-order valence-corrected chi connectivity index (χ4v) is 3.96. The number of ether oxygens (including phenoxy) is 2. The third kappa shape index (κ3) is 4.21. The molecular weight excluding hydrogens is 452 g/mol. The van der Waals surface area contributed by atoms with Crippen LogP contribution in [-0.4, -0.2) is 50.4 Å². The summed E-state index contributed by atoms with van der Waals surface area (Å²) in [5.41, 5.74) is 1.54. The molecule has 0 aliphatic carbocycles. The third-order valence-corrected chi connectivity index (χ3v) is 5.47. The zero-order chi connectivity index (χ0) is 22.0. The van der Waals surface area contributed by atoms with Crippen LogP contribution in [0.1, 0.15) is 5.56 Å². The molecule has 0 radical (unpaired) electrons. The van der Waals surface area contributed by atoms with Crippen LogP contribution >= 0.6 is 23.5 Å². The summed E-state index contributed by atoms with van der Waals surface area (Å²) in [5, 5.41) is 5.53. The maximum absolute atomic E-state index is 12.9. The molecule has 4 aromatic rings. The lowest BCUT2D eigenvalue weighted by Gasteiger charge is -2.13. The lowest BCUT2D eigenvalue weighted by atomic mass is 10.2. The van der Waals surface area contributed by atoms with Crippen LogP contribution in [0.25, 0.3) is 16.6 Å². The number of aromatic nitrogens is 6. The van der Waals surface area contributed by atoms with Gasteiger partial charge in [-0.15, -0.1) is 0 Å². The normalized spacial score (nSPS) is 11.3. The van der Waals surface area contributed by atoms with Crippen molar-refractivity contribution in [2.75, 3.05) is 18.9 Å². The number of rotatable bonds is 8. The Kier molecular flexibility index (Phi) is 6.09. The molecule has 4 rings (SSSR count). The van der Waals surface area contributed by atoms with E-state index in [-0.39, 0.29) is 23.3 Å². The number of nitrogens with one attached hydrogen (secondary N) is 2. The first-order valence-electron chi connectivity index (χ1n) is 8.86. The highest BCUT2D eigenvalue weighted by molar-refractivity contribution is 8.00. The van der Waals surface area contributed by atoms with Gasteiger partial charge in [-0.05, 0) is 18.0 Å². The molecule has 0 atom stereocenters. The minimum atomic E-state index is -2.59. The van der Waals surface area contributed by atoms with Gasteiger partial charge in [0.1, 0.15) is 18.3 Å². The van der Waals surface area contributed by atoms with Gasteiger partial charge < -0.3 is 14.5 Å². The van der Waals surface area contributed by atoms with E-state index in [1.165, 1.54) is 32.5 Å². The van der Waals surface area contributed by atoms with E-state index >= 15 is 0 Å².